The minimum atomic E-state index is -0.559. The summed E-state index contributed by atoms with van der Waals surface area (Å²) in [7, 11) is 1.56. The number of rotatable bonds is 11. The van der Waals surface area contributed by atoms with Crippen molar-refractivity contribution in [2.45, 2.75) is 40.0 Å². The van der Waals surface area contributed by atoms with E-state index in [1.54, 1.807) is 32.2 Å². The molecule has 1 aliphatic heterocycles. The Morgan fingerprint density at radius 1 is 1.10 bits per heavy atom. The molecule has 1 aromatic carbocycles. The van der Waals surface area contributed by atoms with Crippen LogP contribution in [0.4, 0.5) is 0 Å². The molecule has 0 fully saturated rings. The Morgan fingerprint density at radius 3 is 2.52 bits per heavy atom. The Bertz CT molecular complexity index is 911. The number of nitrogens with zero attached hydrogens (tertiary/aromatic N) is 2. The minimum absolute atomic E-state index is 0.0197. The molecule has 0 radical (unpaired) electrons. The SMILES string of the molecule is CCCCOc1ccc(/C=C2/C(=O)N(CCCOCC)C(=O)C(C#N)=C2C)cc1OC. The molecule has 1 aromatic rings. The highest BCUT2D eigenvalue weighted by Gasteiger charge is 2.35. The van der Waals surface area contributed by atoms with E-state index >= 15 is 0 Å². The average molecular weight is 427 g/mol. The van der Waals surface area contributed by atoms with Crippen molar-refractivity contribution in [3.8, 4) is 17.6 Å². The van der Waals surface area contributed by atoms with E-state index in [1.165, 1.54) is 0 Å². The van der Waals surface area contributed by atoms with Gasteiger partial charge in [-0.1, -0.05) is 19.4 Å². The van der Waals surface area contributed by atoms with Crippen molar-refractivity contribution in [1.82, 2.24) is 4.90 Å². The second-order valence-electron chi connectivity index (χ2n) is 7.09. The number of nitriles is 1. The standard InChI is InChI=1S/C24H30N2O5/c1-5-7-13-31-21-10-9-18(15-22(21)29-4)14-19-17(3)20(16-25)24(28)26(23(19)27)11-8-12-30-6-2/h9-10,14-15H,5-8,11-13H2,1-4H3/b19-14+. The molecule has 166 valence electrons. The highest BCUT2D eigenvalue weighted by Crippen LogP contribution is 2.32. The average Bonchev–Trinajstić information content (AvgIpc) is 2.77. The maximum Gasteiger partial charge on any atom is 0.271 e. The van der Waals surface area contributed by atoms with Crippen LogP contribution in [0.25, 0.3) is 6.08 Å². The first-order valence-electron chi connectivity index (χ1n) is 10.6. The van der Waals surface area contributed by atoms with Crippen molar-refractivity contribution >= 4 is 17.9 Å². The normalized spacial score (nSPS) is 15.5. The fourth-order valence-electron chi connectivity index (χ4n) is 3.19. The van der Waals surface area contributed by atoms with Crippen LogP contribution in [-0.2, 0) is 14.3 Å². The molecular formula is C24H30N2O5. The first-order valence-corrected chi connectivity index (χ1v) is 10.6. The smallest absolute Gasteiger partial charge is 0.271 e. The number of benzene rings is 1. The lowest BCUT2D eigenvalue weighted by atomic mass is 9.93. The number of hydrogen-bond acceptors (Lipinski definition) is 6. The van der Waals surface area contributed by atoms with Gasteiger partial charge < -0.3 is 14.2 Å². The van der Waals surface area contributed by atoms with E-state index in [0.717, 1.165) is 17.7 Å². The maximum absolute atomic E-state index is 13.1. The number of methoxy groups -OCH3 is 1. The van der Waals surface area contributed by atoms with Gasteiger partial charge in [0.25, 0.3) is 11.8 Å². The molecule has 7 heteroatoms. The van der Waals surface area contributed by atoms with Crippen LogP contribution in [0.1, 0.15) is 45.6 Å². The highest BCUT2D eigenvalue weighted by molar-refractivity contribution is 6.19. The Kier molecular flexibility index (Phi) is 9.29. The fraction of sp³-hybridized carbons (Fsp3) is 0.458. The molecule has 0 atom stereocenters. The lowest BCUT2D eigenvalue weighted by Crippen LogP contribution is -2.43. The Labute approximate surface area is 183 Å². The molecule has 0 bridgehead atoms. The predicted octanol–water partition coefficient (Wildman–Crippen LogP) is 3.89. The summed E-state index contributed by atoms with van der Waals surface area (Å²) in [4.78, 5) is 26.8. The second kappa shape index (κ2) is 11.9. The van der Waals surface area contributed by atoms with Gasteiger partial charge in [0.2, 0.25) is 0 Å². The Balaban J connectivity index is 2.35. The molecule has 2 amide bonds. The first kappa shape index (κ1) is 24.2. The van der Waals surface area contributed by atoms with Crippen LogP contribution in [0.15, 0.2) is 34.9 Å². The zero-order chi connectivity index (χ0) is 22.8. The van der Waals surface area contributed by atoms with E-state index in [9.17, 15) is 14.9 Å². The van der Waals surface area contributed by atoms with Crippen LogP contribution in [0.3, 0.4) is 0 Å². The van der Waals surface area contributed by atoms with Gasteiger partial charge in [-0.05, 0) is 56.0 Å². The topological polar surface area (TPSA) is 88.9 Å². The van der Waals surface area contributed by atoms with E-state index in [2.05, 4.69) is 6.92 Å². The third-order valence-corrected chi connectivity index (χ3v) is 4.95. The van der Waals surface area contributed by atoms with Gasteiger partial charge in [0.15, 0.2) is 11.5 Å². The molecule has 0 saturated carbocycles. The summed E-state index contributed by atoms with van der Waals surface area (Å²) in [5.41, 5.74) is 1.38. The van der Waals surface area contributed by atoms with Crippen molar-refractivity contribution in [3.63, 3.8) is 0 Å². The maximum atomic E-state index is 13.1. The van der Waals surface area contributed by atoms with Gasteiger partial charge >= 0.3 is 0 Å². The van der Waals surface area contributed by atoms with Gasteiger partial charge in [-0.2, -0.15) is 5.26 Å². The van der Waals surface area contributed by atoms with Crippen molar-refractivity contribution in [2.24, 2.45) is 0 Å². The van der Waals surface area contributed by atoms with Crippen molar-refractivity contribution in [1.29, 1.82) is 5.26 Å². The van der Waals surface area contributed by atoms with Gasteiger partial charge in [0.1, 0.15) is 11.6 Å². The summed E-state index contributed by atoms with van der Waals surface area (Å²) < 4.78 is 16.5. The summed E-state index contributed by atoms with van der Waals surface area (Å²) in [5, 5.41) is 9.50. The third-order valence-electron chi connectivity index (χ3n) is 4.95. The molecule has 0 saturated heterocycles. The zero-order valence-corrected chi connectivity index (χ0v) is 18.7. The first-order chi connectivity index (χ1) is 15.0. The molecule has 0 N–H and O–H groups in total. The molecule has 7 nitrogen and oxygen atoms in total. The molecule has 0 aromatic heterocycles. The second-order valence-corrected chi connectivity index (χ2v) is 7.09. The monoisotopic (exact) mass is 426 g/mol. The summed E-state index contributed by atoms with van der Waals surface area (Å²) >= 11 is 0. The van der Waals surface area contributed by atoms with Gasteiger partial charge in [-0.15, -0.1) is 0 Å². The fourth-order valence-corrected chi connectivity index (χ4v) is 3.19. The number of carbonyl (C=O) groups excluding carboxylic acids is 2. The molecule has 1 aliphatic rings. The third kappa shape index (κ3) is 5.96. The number of unbranched alkanes of at least 4 members (excludes halogenated alkanes) is 1. The van der Waals surface area contributed by atoms with E-state index < -0.39 is 11.8 Å². The minimum Gasteiger partial charge on any atom is -0.493 e. The summed E-state index contributed by atoms with van der Waals surface area (Å²) in [5.74, 6) is 0.211. The number of carbonyl (C=O) groups is 2. The molecule has 0 spiro atoms. The van der Waals surface area contributed by atoms with Crippen LogP contribution in [0, 0.1) is 11.3 Å². The quantitative estimate of drug-likeness (QED) is 0.303. The molecule has 31 heavy (non-hydrogen) atoms. The number of imide groups is 1. The lowest BCUT2D eigenvalue weighted by molar-refractivity contribution is -0.140. The highest BCUT2D eigenvalue weighted by atomic mass is 16.5. The van der Waals surface area contributed by atoms with Gasteiger partial charge in [-0.25, -0.2) is 0 Å². The van der Waals surface area contributed by atoms with Crippen LogP contribution in [-0.4, -0.2) is 50.2 Å². The van der Waals surface area contributed by atoms with Crippen LogP contribution >= 0.6 is 0 Å². The van der Waals surface area contributed by atoms with Gasteiger partial charge in [0.05, 0.1) is 13.7 Å². The van der Waals surface area contributed by atoms with Crippen molar-refractivity contribution < 1.29 is 23.8 Å². The van der Waals surface area contributed by atoms with Gasteiger partial charge in [0, 0.05) is 25.3 Å². The van der Waals surface area contributed by atoms with E-state index in [-0.39, 0.29) is 12.1 Å². The summed E-state index contributed by atoms with van der Waals surface area (Å²) in [6.45, 7) is 7.39. The Morgan fingerprint density at radius 2 is 1.87 bits per heavy atom. The zero-order valence-electron chi connectivity index (χ0n) is 18.7. The molecule has 2 rings (SSSR count). The summed E-state index contributed by atoms with van der Waals surface area (Å²) in [6.07, 6.45) is 4.15. The molecule has 1 heterocycles. The number of hydrogen-bond donors (Lipinski definition) is 0. The van der Waals surface area contributed by atoms with Crippen molar-refractivity contribution in [2.75, 3.05) is 33.5 Å². The molecule has 0 unspecified atom stereocenters. The van der Waals surface area contributed by atoms with Crippen LogP contribution < -0.4 is 9.47 Å². The number of amides is 2. The van der Waals surface area contributed by atoms with Gasteiger partial charge in [-0.3, -0.25) is 14.5 Å². The largest absolute Gasteiger partial charge is 0.493 e. The van der Waals surface area contributed by atoms with E-state index in [1.807, 2.05) is 19.1 Å². The lowest BCUT2D eigenvalue weighted by Gasteiger charge is -2.27. The van der Waals surface area contributed by atoms with E-state index in [4.69, 9.17) is 14.2 Å². The Hall–Kier alpha value is -3.11. The number of ether oxygens (including phenoxy) is 3. The van der Waals surface area contributed by atoms with Crippen LogP contribution in [0.2, 0.25) is 0 Å². The van der Waals surface area contributed by atoms with Crippen LogP contribution in [0.5, 0.6) is 11.5 Å². The molecule has 0 aliphatic carbocycles. The van der Waals surface area contributed by atoms with Crippen molar-refractivity contribution in [3.05, 3.63) is 40.5 Å². The molecular weight excluding hydrogens is 396 g/mol. The summed E-state index contributed by atoms with van der Waals surface area (Å²) in [6, 6.07) is 7.34. The predicted molar refractivity (Wildman–Crippen MR) is 118 cm³/mol. The van der Waals surface area contributed by atoms with E-state index in [0.29, 0.717) is 54.5 Å².